The van der Waals surface area contributed by atoms with Gasteiger partial charge in [-0.25, -0.2) is 9.78 Å². The van der Waals surface area contributed by atoms with Crippen molar-refractivity contribution < 1.29 is 19.1 Å². The van der Waals surface area contributed by atoms with E-state index in [-0.39, 0.29) is 30.0 Å². The van der Waals surface area contributed by atoms with E-state index in [0.29, 0.717) is 34.2 Å². The lowest BCUT2D eigenvalue weighted by Crippen LogP contribution is -2.49. The molecule has 0 spiro atoms. The lowest BCUT2D eigenvalue weighted by Gasteiger charge is -2.32. The van der Waals surface area contributed by atoms with E-state index in [1.54, 1.807) is 16.0 Å². The summed E-state index contributed by atoms with van der Waals surface area (Å²) >= 11 is 1.25. The van der Waals surface area contributed by atoms with Gasteiger partial charge < -0.3 is 20.3 Å². The highest BCUT2D eigenvalue weighted by molar-refractivity contribution is 7.21. The van der Waals surface area contributed by atoms with Crippen molar-refractivity contribution in [3.63, 3.8) is 0 Å². The quantitative estimate of drug-likeness (QED) is 0.366. The van der Waals surface area contributed by atoms with Crippen LogP contribution in [0.2, 0.25) is 0 Å². The van der Waals surface area contributed by atoms with E-state index in [1.165, 1.54) is 36.7 Å². The molecule has 6 rings (SSSR count). The minimum atomic E-state index is -0.336. The van der Waals surface area contributed by atoms with Crippen molar-refractivity contribution in [1.82, 2.24) is 15.2 Å². The number of pyridine rings is 1. The number of carbonyl (C=O) groups is 3. The third kappa shape index (κ3) is 4.92. The van der Waals surface area contributed by atoms with Gasteiger partial charge in [0.25, 0.3) is 5.91 Å². The van der Waals surface area contributed by atoms with Crippen molar-refractivity contribution in [2.45, 2.75) is 64.0 Å². The molecule has 1 saturated carbocycles. The first kappa shape index (κ1) is 26.3. The van der Waals surface area contributed by atoms with Gasteiger partial charge in [0, 0.05) is 25.3 Å². The van der Waals surface area contributed by atoms with Crippen LogP contribution in [0.5, 0.6) is 5.75 Å². The Bertz CT molecular complexity index is 1490. The molecule has 4 amide bonds. The summed E-state index contributed by atoms with van der Waals surface area (Å²) in [5.41, 5.74) is 2.83. The van der Waals surface area contributed by atoms with Crippen LogP contribution in [0.15, 0.2) is 43.1 Å². The maximum atomic E-state index is 13.5. The average molecular weight is 560 g/mol. The number of amides is 4. The second-order valence-corrected chi connectivity index (χ2v) is 11.7. The maximum absolute atomic E-state index is 13.5. The highest BCUT2D eigenvalue weighted by Gasteiger charge is 2.34. The molecule has 1 atom stereocenters. The third-order valence-electron chi connectivity index (χ3n) is 7.96. The first-order chi connectivity index (χ1) is 19.4. The van der Waals surface area contributed by atoms with E-state index >= 15 is 0 Å². The molecule has 4 heterocycles. The molecule has 1 saturated heterocycles. The highest BCUT2D eigenvalue weighted by Crippen LogP contribution is 2.46. The topological polar surface area (TPSA) is 104 Å². The number of ether oxygens (including phenoxy) is 1. The molecule has 0 bridgehead atoms. The van der Waals surface area contributed by atoms with E-state index in [1.807, 2.05) is 31.2 Å². The molecular formula is C30H33N5O4S. The number of hydrogen-bond acceptors (Lipinski definition) is 6. The molecule has 40 heavy (non-hydrogen) atoms. The lowest BCUT2D eigenvalue weighted by molar-refractivity contribution is -0.127. The molecule has 9 nitrogen and oxygen atoms in total. The summed E-state index contributed by atoms with van der Waals surface area (Å²) in [5, 5.41) is 6.78. The van der Waals surface area contributed by atoms with Crippen molar-refractivity contribution in [1.29, 1.82) is 0 Å². The number of piperidine rings is 1. The third-order valence-corrected chi connectivity index (χ3v) is 9.06. The zero-order chi connectivity index (χ0) is 27.8. The minimum absolute atomic E-state index is 0.138. The number of likely N-dealkylation sites (tertiary alicyclic amines) is 1. The zero-order valence-corrected chi connectivity index (χ0v) is 23.4. The van der Waals surface area contributed by atoms with E-state index in [9.17, 15) is 14.4 Å². The fraction of sp³-hybridized carbons (Fsp3) is 0.400. The monoisotopic (exact) mass is 559 g/mol. The highest BCUT2D eigenvalue weighted by atomic mass is 32.1. The number of nitrogens with zero attached hydrogens (tertiary/aromatic N) is 3. The van der Waals surface area contributed by atoms with Crippen LogP contribution in [0.3, 0.4) is 0 Å². The van der Waals surface area contributed by atoms with Gasteiger partial charge in [0.15, 0.2) is 0 Å². The van der Waals surface area contributed by atoms with Crippen LogP contribution in [0.4, 0.5) is 21.9 Å². The number of nitrogens with one attached hydrogen (secondary N) is 2. The summed E-state index contributed by atoms with van der Waals surface area (Å²) in [5.74, 6) is 0.397. The molecule has 2 aliphatic heterocycles. The lowest BCUT2D eigenvalue weighted by atomic mass is 9.98. The first-order valence-electron chi connectivity index (χ1n) is 13.9. The Hall–Kier alpha value is -3.92. The summed E-state index contributed by atoms with van der Waals surface area (Å²) in [7, 11) is 0. The van der Waals surface area contributed by atoms with Gasteiger partial charge in [-0.15, -0.1) is 11.3 Å². The van der Waals surface area contributed by atoms with Gasteiger partial charge in [-0.05, 0) is 81.4 Å². The van der Waals surface area contributed by atoms with Crippen molar-refractivity contribution in [3.05, 3.63) is 53.6 Å². The Kier molecular flexibility index (Phi) is 7.18. The number of thiophene rings is 1. The van der Waals surface area contributed by atoms with Gasteiger partial charge in [-0.3, -0.25) is 14.5 Å². The summed E-state index contributed by atoms with van der Waals surface area (Å²) in [6.45, 7) is 6.62. The van der Waals surface area contributed by atoms with Crippen molar-refractivity contribution in [2.75, 3.05) is 23.3 Å². The number of hydrogen-bond donors (Lipinski definition) is 2. The van der Waals surface area contributed by atoms with Gasteiger partial charge in [-0.1, -0.05) is 13.0 Å². The number of aryl methyl sites for hydroxylation is 1. The number of benzene rings is 1. The predicted octanol–water partition coefficient (Wildman–Crippen LogP) is 5.91. The van der Waals surface area contributed by atoms with E-state index < -0.39 is 0 Å². The fourth-order valence-corrected chi connectivity index (χ4v) is 7.01. The van der Waals surface area contributed by atoms with E-state index in [0.717, 1.165) is 48.1 Å². The minimum Gasteiger partial charge on any atom is -0.490 e. The number of urea groups is 1. The van der Waals surface area contributed by atoms with E-state index in [4.69, 9.17) is 4.74 Å². The molecule has 10 heteroatoms. The molecule has 3 aromatic rings. The Morgan fingerprint density at radius 1 is 1.15 bits per heavy atom. The number of anilines is 3. The predicted molar refractivity (Wildman–Crippen MR) is 157 cm³/mol. The van der Waals surface area contributed by atoms with Gasteiger partial charge >= 0.3 is 6.03 Å². The van der Waals surface area contributed by atoms with Gasteiger partial charge in [0.1, 0.15) is 15.5 Å². The SMILES string of the molecule is C=CC(=O)N1CCCC(NC(=O)c2sc3nccc4c3c2NC(=O)N4c2ccc(OC3CCCCC3)cc2C)C1. The molecule has 2 aromatic heterocycles. The number of aromatic nitrogens is 1. The summed E-state index contributed by atoms with van der Waals surface area (Å²) in [6.07, 6.45) is 10.6. The Morgan fingerprint density at radius 2 is 1.98 bits per heavy atom. The first-order valence-corrected chi connectivity index (χ1v) is 14.8. The van der Waals surface area contributed by atoms with Crippen molar-refractivity contribution in [2.24, 2.45) is 0 Å². The van der Waals surface area contributed by atoms with Crippen LogP contribution in [0.1, 0.15) is 60.2 Å². The average Bonchev–Trinajstić information content (AvgIpc) is 3.33. The molecule has 2 N–H and O–H groups in total. The Labute approximate surface area is 237 Å². The zero-order valence-electron chi connectivity index (χ0n) is 22.6. The smallest absolute Gasteiger partial charge is 0.331 e. The summed E-state index contributed by atoms with van der Waals surface area (Å²) < 4.78 is 6.24. The molecule has 3 aliphatic rings. The van der Waals surface area contributed by atoms with Crippen LogP contribution in [0, 0.1) is 6.92 Å². The van der Waals surface area contributed by atoms with Crippen LogP contribution in [-0.2, 0) is 4.79 Å². The molecule has 0 radical (unpaired) electrons. The Balaban J connectivity index is 1.27. The van der Waals surface area contributed by atoms with Crippen molar-refractivity contribution >= 4 is 56.5 Å². The molecular weight excluding hydrogens is 526 g/mol. The van der Waals surface area contributed by atoms with Gasteiger partial charge in [0.2, 0.25) is 5.91 Å². The van der Waals surface area contributed by atoms with Crippen LogP contribution in [0.25, 0.3) is 10.2 Å². The van der Waals surface area contributed by atoms with Crippen LogP contribution < -0.4 is 20.3 Å². The standard InChI is InChI=1S/C30H33N5O4S/c1-3-24(36)34-15-7-8-19(17-34)32-28(37)27-26-25-23(13-14-31-29(25)40-27)35(30(38)33-26)22-12-11-21(16-18(22)2)39-20-9-5-4-6-10-20/h3,11-14,16,19-20H,1,4-10,15,17H2,2H3,(H,32,37)(H,33,38). The van der Waals surface area contributed by atoms with E-state index in [2.05, 4.69) is 22.2 Å². The van der Waals surface area contributed by atoms with Crippen LogP contribution >= 0.6 is 11.3 Å². The van der Waals surface area contributed by atoms with Gasteiger partial charge in [-0.2, -0.15) is 0 Å². The Morgan fingerprint density at radius 3 is 2.75 bits per heavy atom. The molecule has 1 aliphatic carbocycles. The summed E-state index contributed by atoms with van der Waals surface area (Å²) in [6, 6.07) is 7.13. The maximum Gasteiger partial charge on any atom is 0.331 e. The second-order valence-electron chi connectivity index (χ2n) is 10.7. The summed E-state index contributed by atoms with van der Waals surface area (Å²) in [4.78, 5) is 48.0. The van der Waals surface area contributed by atoms with Crippen LogP contribution in [-0.4, -0.2) is 53.0 Å². The van der Waals surface area contributed by atoms with Crippen molar-refractivity contribution in [3.8, 4) is 5.75 Å². The number of carbonyl (C=O) groups excluding carboxylic acids is 3. The number of rotatable bonds is 6. The molecule has 1 unspecified atom stereocenters. The largest absolute Gasteiger partial charge is 0.490 e. The normalized spacial score (nSPS) is 19.3. The second kappa shape index (κ2) is 10.9. The molecule has 2 fully saturated rings. The fourth-order valence-electron chi connectivity index (χ4n) is 5.99. The molecule has 208 valence electrons. The molecule has 1 aromatic carbocycles. The van der Waals surface area contributed by atoms with Gasteiger partial charge in [0.05, 0.1) is 28.6 Å².